The van der Waals surface area contributed by atoms with E-state index in [4.69, 9.17) is 0 Å². The van der Waals surface area contributed by atoms with Crippen molar-refractivity contribution in [3.05, 3.63) is 64.6 Å². The van der Waals surface area contributed by atoms with Gasteiger partial charge in [0.15, 0.2) is 0 Å². The van der Waals surface area contributed by atoms with Crippen LogP contribution >= 0.6 is 11.3 Å². The van der Waals surface area contributed by atoms with Gasteiger partial charge in [-0.05, 0) is 16.3 Å². The minimum atomic E-state index is -0.646. The predicted octanol–water partition coefficient (Wildman–Crippen LogP) is 3.38. The Balaban J connectivity index is 2.17. The molecule has 0 radical (unpaired) electrons. The first kappa shape index (κ1) is 10.4. The van der Waals surface area contributed by atoms with Gasteiger partial charge in [-0.15, -0.1) is 11.3 Å². The molecular weight excluding hydrogens is 230 g/mol. The first-order valence-corrected chi connectivity index (χ1v) is 6.34. The summed E-state index contributed by atoms with van der Waals surface area (Å²) < 4.78 is 0. The lowest BCUT2D eigenvalue weighted by atomic mass is 9.99. The molecule has 0 bridgehead atoms. The zero-order valence-corrected chi connectivity index (χ0v) is 9.89. The van der Waals surface area contributed by atoms with Gasteiger partial charge < -0.3 is 5.11 Å². The number of thiazole rings is 1. The number of nitrogens with zero attached hydrogens (tertiary/aromatic N) is 1. The van der Waals surface area contributed by atoms with E-state index in [-0.39, 0.29) is 0 Å². The van der Waals surface area contributed by atoms with Gasteiger partial charge in [0.2, 0.25) is 0 Å². The molecule has 3 rings (SSSR count). The number of benzene rings is 2. The summed E-state index contributed by atoms with van der Waals surface area (Å²) in [6.45, 7) is 0. The van der Waals surface area contributed by atoms with E-state index in [1.807, 2.05) is 47.8 Å². The van der Waals surface area contributed by atoms with Crippen LogP contribution in [0.2, 0.25) is 0 Å². The fraction of sp³-hybridized carbons (Fsp3) is 0.0714. The Kier molecular flexibility index (Phi) is 2.63. The Morgan fingerprint density at radius 2 is 1.88 bits per heavy atom. The summed E-state index contributed by atoms with van der Waals surface area (Å²) in [5, 5.41) is 14.4. The minimum Gasteiger partial charge on any atom is -0.382 e. The molecule has 1 heterocycles. The SMILES string of the molecule is OC(c1cscn1)c1cccc2ccccc12. The van der Waals surface area contributed by atoms with Crippen LogP contribution in [0.25, 0.3) is 10.8 Å². The molecule has 17 heavy (non-hydrogen) atoms. The van der Waals surface area contributed by atoms with Crippen LogP contribution in [0.5, 0.6) is 0 Å². The fourth-order valence-corrected chi connectivity index (χ4v) is 2.58. The minimum absolute atomic E-state index is 0.646. The predicted molar refractivity (Wildman–Crippen MR) is 70.1 cm³/mol. The largest absolute Gasteiger partial charge is 0.382 e. The summed E-state index contributed by atoms with van der Waals surface area (Å²) in [6.07, 6.45) is -0.646. The standard InChI is InChI=1S/C14H11NOS/c16-14(13-8-17-9-15-13)12-7-3-5-10-4-1-2-6-11(10)12/h1-9,14,16H. The van der Waals surface area contributed by atoms with E-state index in [2.05, 4.69) is 4.98 Å². The molecule has 1 aromatic heterocycles. The molecule has 1 atom stereocenters. The highest BCUT2D eigenvalue weighted by Gasteiger charge is 2.14. The van der Waals surface area contributed by atoms with Crippen molar-refractivity contribution >= 4 is 22.1 Å². The van der Waals surface area contributed by atoms with Crippen molar-refractivity contribution in [2.45, 2.75) is 6.10 Å². The molecule has 1 N–H and O–H groups in total. The summed E-state index contributed by atoms with van der Waals surface area (Å²) in [5.74, 6) is 0. The zero-order valence-electron chi connectivity index (χ0n) is 9.08. The van der Waals surface area contributed by atoms with Gasteiger partial charge >= 0.3 is 0 Å². The van der Waals surface area contributed by atoms with E-state index in [0.717, 1.165) is 16.3 Å². The van der Waals surface area contributed by atoms with Crippen LogP contribution in [0.1, 0.15) is 17.4 Å². The van der Waals surface area contributed by atoms with Gasteiger partial charge in [0.05, 0.1) is 11.2 Å². The number of aliphatic hydroxyl groups excluding tert-OH is 1. The molecule has 0 saturated heterocycles. The first-order chi connectivity index (χ1) is 8.36. The quantitative estimate of drug-likeness (QED) is 0.746. The number of aromatic nitrogens is 1. The Morgan fingerprint density at radius 1 is 1.06 bits per heavy atom. The maximum absolute atomic E-state index is 10.3. The van der Waals surface area contributed by atoms with Crippen molar-refractivity contribution in [2.24, 2.45) is 0 Å². The molecule has 0 aliphatic heterocycles. The highest BCUT2D eigenvalue weighted by Crippen LogP contribution is 2.28. The number of aliphatic hydroxyl groups is 1. The van der Waals surface area contributed by atoms with Crippen molar-refractivity contribution in [2.75, 3.05) is 0 Å². The van der Waals surface area contributed by atoms with Crippen LogP contribution in [0, 0.1) is 0 Å². The fourth-order valence-electron chi connectivity index (χ4n) is 2.01. The van der Waals surface area contributed by atoms with Gasteiger partial charge in [-0.2, -0.15) is 0 Å². The lowest BCUT2D eigenvalue weighted by molar-refractivity contribution is 0.217. The van der Waals surface area contributed by atoms with Crippen LogP contribution in [-0.4, -0.2) is 10.1 Å². The monoisotopic (exact) mass is 241 g/mol. The topological polar surface area (TPSA) is 33.1 Å². The van der Waals surface area contributed by atoms with E-state index in [1.165, 1.54) is 11.3 Å². The van der Waals surface area contributed by atoms with Crippen molar-refractivity contribution in [3.63, 3.8) is 0 Å². The van der Waals surface area contributed by atoms with Gasteiger partial charge in [0.25, 0.3) is 0 Å². The molecule has 0 saturated carbocycles. The van der Waals surface area contributed by atoms with Crippen LogP contribution in [0.4, 0.5) is 0 Å². The lowest BCUT2D eigenvalue weighted by Gasteiger charge is -2.11. The molecule has 84 valence electrons. The third-order valence-corrected chi connectivity index (χ3v) is 3.45. The number of hydrogen-bond acceptors (Lipinski definition) is 3. The van der Waals surface area contributed by atoms with E-state index in [9.17, 15) is 5.11 Å². The van der Waals surface area contributed by atoms with E-state index in [0.29, 0.717) is 5.69 Å². The molecule has 2 nitrogen and oxygen atoms in total. The summed E-state index contributed by atoms with van der Waals surface area (Å²) in [5.41, 5.74) is 3.37. The highest BCUT2D eigenvalue weighted by molar-refractivity contribution is 7.07. The van der Waals surface area contributed by atoms with Crippen LogP contribution in [0.3, 0.4) is 0 Å². The van der Waals surface area contributed by atoms with Gasteiger partial charge in [0.1, 0.15) is 6.10 Å². The second-order valence-corrected chi connectivity index (χ2v) is 4.60. The third kappa shape index (κ3) is 1.84. The molecule has 3 aromatic rings. The number of rotatable bonds is 2. The Hall–Kier alpha value is -1.71. The molecule has 1 unspecified atom stereocenters. The normalized spacial score (nSPS) is 12.8. The molecule has 2 aromatic carbocycles. The third-order valence-electron chi connectivity index (χ3n) is 2.85. The second-order valence-electron chi connectivity index (χ2n) is 3.88. The van der Waals surface area contributed by atoms with E-state index in [1.54, 1.807) is 5.51 Å². The number of hydrogen-bond donors (Lipinski definition) is 1. The maximum atomic E-state index is 10.3. The summed E-state index contributed by atoms with van der Waals surface area (Å²) in [6, 6.07) is 14.0. The number of fused-ring (bicyclic) bond motifs is 1. The Morgan fingerprint density at radius 3 is 2.71 bits per heavy atom. The second kappa shape index (κ2) is 4.28. The van der Waals surface area contributed by atoms with Gasteiger partial charge in [-0.3, -0.25) is 0 Å². The molecule has 0 aliphatic carbocycles. The van der Waals surface area contributed by atoms with Gasteiger partial charge in [-0.1, -0.05) is 42.5 Å². The van der Waals surface area contributed by atoms with E-state index >= 15 is 0 Å². The van der Waals surface area contributed by atoms with E-state index < -0.39 is 6.10 Å². The summed E-state index contributed by atoms with van der Waals surface area (Å²) in [7, 11) is 0. The van der Waals surface area contributed by atoms with Gasteiger partial charge in [0, 0.05) is 5.38 Å². The summed E-state index contributed by atoms with van der Waals surface area (Å²) in [4.78, 5) is 4.17. The first-order valence-electron chi connectivity index (χ1n) is 5.40. The van der Waals surface area contributed by atoms with Crippen molar-refractivity contribution in [1.82, 2.24) is 4.98 Å². The molecule has 3 heteroatoms. The Labute approximate surface area is 103 Å². The van der Waals surface area contributed by atoms with Crippen LogP contribution < -0.4 is 0 Å². The average Bonchev–Trinajstić information content (AvgIpc) is 2.91. The van der Waals surface area contributed by atoms with Crippen molar-refractivity contribution in [1.29, 1.82) is 0 Å². The smallest absolute Gasteiger partial charge is 0.122 e. The Bertz CT molecular complexity index is 628. The van der Waals surface area contributed by atoms with Crippen molar-refractivity contribution in [3.8, 4) is 0 Å². The summed E-state index contributed by atoms with van der Waals surface area (Å²) >= 11 is 1.50. The maximum Gasteiger partial charge on any atom is 0.122 e. The zero-order chi connectivity index (χ0) is 11.7. The van der Waals surface area contributed by atoms with Crippen LogP contribution in [-0.2, 0) is 0 Å². The molecular formula is C14H11NOS. The molecule has 0 aliphatic rings. The van der Waals surface area contributed by atoms with Gasteiger partial charge in [-0.25, -0.2) is 4.98 Å². The molecule has 0 fully saturated rings. The highest BCUT2D eigenvalue weighted by atomic mass is 32.1. The lowest BCUT2D eigenvalue weighted by Crippen LogP contribution is -2.00. The molecule has 0 amide bonds. The average molecular weight is 241 g/mol. The van der Waals surface area contributed by atoms with Crippen LogP contribution in [0.15, 0.2) is 53.4 Å². The molecule has 0 spiro atoms. The van der Waals surface area contributed by atoms with Crippen molar-refractivity contribution < 1.29 is 5.11 Å².